The first-order valence-electron chi connectivity index (χ1n) is 0. The molecule has 0 spiro atoms. The Hall–Kier alpha value is 5.24. The zero-order chi connectivity index (χ0) is 0. The molecular weight excluding hydrogens is 425 g/mol. The second kappa shape index (κ2) is 31.9. The van der Waals surface area contributed by atoms with Gasteiger partial charge in [0.15, 0.2) is 0 Å². The molecule has 0 saturated carbocycles. The van der Waals surface area contributed by atoms with Crippen molar-refractivity contribution >= 4 is 131 Å². The largest absolute Gasteiger partial charge is 0 e. The van der Waals surface area contributed by atoms with Gasteiger partial charge in [0.05, 0.1) is 0 Å². The van der Waals surface area contributed by atoms with Gasteiger partial charge in [0.25, 0.3) is 0 Å². The van der Waals surface area contributed by atoms with Crippen LogP contribution in [0.1, 0.15) is 0 Å². The minimum absolute atomic E-state index is 0. The molecule has 6 heavy (non-hydrogen) atoms. The number of hydrogen-bond acceptors (Lipinski definition) is 1. The van der Waals surface area contributed by atoms with Gasteiger partial charge in [-0.25, -0.2) is 0 Å². The Labute approximate surface area is 170 Å². The topological polar surface area (TPSA) is 35.0 Å². The van der Waals surface area contributed by atoms with Crippen LogP contribution < -0.4 is 6.15 Å². The maximum absolute atomic E-state index is 0. The summed E-state index contributed by atoms with van der Waals surface area (Å²) in [4.78, 5) is 0. The third-order valence-corrected chi connectivity index (χ3v) is 0. The Balaban J connectivity index is 0. The Morgan fingerprint density at radius 2 is 1.00 bits per heavy atom. The average Bonchev–Trinajstić information content (AvgIpc) is 0. The fourth-order valence-electron chi connectivity index (χ4n) is 0. The number of hydrogen-bond donors (Lipinski definition) is 1. The van der Waals surface area contributed by atoms with Crippen LogP contribution in [-0.2, 0) is 38.8 Å². The molecule has 0 aromatic carbocycles. The third kappa shape index (κ3) is 22.9. The van der Waals surface area contributed by atoms with Crippen LogP contribution >= 0.6 is 24.0 Å². The van der Waals surface area contributed by atoms with E-state index in [0.717, 1.165) is 0 Å². The molecule has 0 aromatic heterocycles. The first-order valence-corrected chi connectivity index (χ1v) is 0. The molecule has 1 nitrogen and oxygen atoms in total. The van der Waals surface area contributed by atoms with E-state index in [1.165, 1.54) is 0 Å². The maximum atomic E-state index is 0. The average molecular weight is 432 g/mol. The molecule has 37 valence electrons. The van der Waals surface area contributed by atoms with Crippen molar-refractivity contribution < 1.29 is 38.8 Å². The molecule has 0 atom stereocenters. The van der Waals surface area contributed by atoms with Gasteiger partial charge >= 0.3 is 107 Å². The molecule has 0 aliphatic carbocycles. The van der Waals surface area contributed by atoms with Gasteiger partial charge in [-0.15, -0.1) is 24.0 Å². The summed E-state index contributed by atoms with van der Waals surface area (Å²) in [6.07, 6.45) is 0. The second-order valence-corrected chi connectivity index (χ2v) is 0. The van der Waals surface area contributed by atoms with E-state index in [1.807, 2.05) is 0 Å². The molecule has 0 bridgehead atoms. The molecule has 0 unspecified atom stereocenters. The monoisotopic (exact) mass is 432 g/mol. The Bertz CT molecular complexity index is 15.5. The predicted octanol–water partition coefficient (Wildman–Crippen LogP) is -0.790. The molecule has 0 amide bonds. The van der Waals surface area contributed by atoms with Crippen molar-refractivity contribution in [1.29, 1.82) is 0 Å². The second-order valence-electron chi connectivity index (χ2n) is 0. The molecule has 6 heteroatoms. The molecular formula is H7CaCsCuINTi. The van der Waals surface area contributed by atoms with Crippen LogP contribution in [0.4, 0.5) is 0 Å². The van der Waals surface area contributed by atoms with Gasteiger partial charge < -0.3 is 6.15 Å². The molecule has 0 aliphatic rings. The Morgan fingerprint density at radius 3 is 1.00 bits per heavy atom. The van der Waals surface area contributed by atoms with E-state index >= 15 is 0 Å². The van der Waals surface area contributed by atoms with Crippen molar-refractivity contribution in [2.24, 2.45) is 0 Å². The summed E-state index contributed by atoms with van der Waals surface area (Å²) in [7, 11) is 0. The summed E-state index contributed by atoms with van der Waals surface area (Å²) < 4.78 is 0. The van der Waals surface area contributed by atoms with Crippen molar-refractivity contribution in [3.8, 4) is 0 Å². The van der Waals surface area contributed by atoms with Crippen LogP contribution in [0.2, 0.25) is 0 Å². The van der Waals surface area contributed by atoms with Gasteiger partial charge in [-0.3, -0.25) is 0 Å². The number of halogens is 1. The fourth-order valence-corrected chi connectivity index (χ4v) is 0. The molecule has 0 aliphatic heterocycles. The SMILES string of the molecule is I.N.[CaH2].[CsH].[Cu].[Ti]. The van der Waals surface area contributed by atoms with E-state index in [2.05, 4.69) is 0 Å². The third-order valence-electron chi connectivity index (χ3n) is 0. The summed E-state index contributed by atoms with van der Waals surface area (Å²) in [6, 6.07) is 0. The van der Waals surface area contributed by atoms with Crippen molar-refractivity contribution in [3.05, 3.63) is 0 Å². The smallest absolute Gasteiger partial charge is 0 e. The summed E-state index contributed by atoms with van der Waals surface area (Å²) in [6.45, 7) is 0. The maximum Gasteiger partial charge on any atom is 0 e. The van der Waals surface area contributed by atoms with E-state index in [4.69, 9.17) is 0 Å². The Morgan fingerprint density at radius 1 is 1.00 bits per heavy atom. The van der Waals surface area contributed by atoms with Crippen LogP contribution in [0.15, 0.2) is 0 Å². The van der Waals surface area contributed by atoms with E-state index in [1.54, 1.807) is 0 Å². The zero-order valence-electron chi connectivity index (χ0n) is 1.92. The quantitative estimate of drug-likeness (QED) is 0.396. The molecule has 1 radical (unpaired) electrons. The van der Waals surface area contributed by atoms with Crippen molar-refractivity contribution in [2.75, 3.05) is 0 Å². The van der Waals surface area contributed by atoms with Crippen LogP contribution in [0, 0.1) is 0 Å². The minimum atomic E-state index is 0. The molecule has 0 rings (SSSR count). The predicted molar refractivity (Wildman–Crippen MR) is 36.1 cm³/mol. The first-order chi connectivity index (χ1) is 0. The molecule has 3 N–H and O–H groups in total. The molecule has 0 aromatic rings. The molecule has 0 fully saturated rings. The van der Waals surface area contributed by atoms with Crippen LogP contribution in [0.3, 0.4) is 0 Å². The zero-order valence-corrected chi connectivity index (χ0v) is 6.75. The van der Waals surface area contributed by atoms with Gasteiger partial charge in [0, 0.05) is 38.8 Å². The first kappa shape index (κ1) is 42.9. The van der Waals surface area contributed by atoms with E-state index in [0.29, 0.717) is 0 Å². The van der Waals surface area contributed by atoms with Gasteiger partial charge in [-0.2, -0.15) is 0 Å². The van der Waals surface area contributed by atoms with Crippen molar-refractivity contribution in [1.82, 2.24) is 6.15 Å². The summed E-state index contributed by atoms with van der Waals surface area (Å²) in [5.74, 6) is 0. The molecule has 0 saturated heterocycles. The molecule has 0 heterocycles. The van der Waals surface area contributed by atoms with Crippen LogP contribution in [0.5, 0.6) is 0 Å². The van der Waals surface area contributed by atoms with Gasteiger partial charge in [0.2, 0.25) is 0 Å². The fraction of sp³-hybridized carbons (Fsp3) is 0. The van der Waals surface area contributed by atoms with Crippen molar-refractivity contribution in [2.45, 2.75) is 0 Å². The Kier molecular flexibility index (Phi) is 228. The van der Waals surface area contributed by atoms with E-state index < -0.39 is 0 Å². The van der Waals surface area contributed by atoms with Crippen molar-refractivity contribution in [3.63, 3.8) is 0 Å². The summed E-state index contributed by atoms with van der Waals surface area (Å²) in [5, 5.41) is 0. The normalized spacial score (nSPS) is 0. The summed E-state index contributed by atoms with van der Waals surface area (Å²) in [5.41, 5.74) is 0. The van der Waals surface area contributed by atoms with E-state index in [-0.39, 0.29) is 176 Å². The minimum Gasteiger partial charge on any atom is 0 e. The number of rotatable bonds is 0. The summed E-state index contributed by atoms with van der Waals surface area (Å²) >= 11 is 0. The van der Waals surface area contributed by atoms with Crippen LogP contribution in [-0.4, -0.2) is 107 Å². The van der Waals surface area contributed by atoms with Gasteiger partial charge in [-0.05, 0) is 0 Å². The van der Waals surface area contributed by atoms with Gasteiger partial charge in [0.1, 0.15) is 0 Å². The van der Waals surface area contributed by atoms with Gasteiger partial charge in [-0.1, -0.05) is 0 Å². The van der Waals surface area contributed by atoms with E-state index in [9.17, 15) is 0 Å². The standard InChI is InChI=1S/Ca.Cs.Cu.HI.H3N.Ti.3H/h;;;1H;1H3;;;;. The van der Waals surface area contributed by atoms with Crippen LogP contribution in [0.25, 0.3) is 0 Å².